The van der Waals surface area contributed by atoms with E-state index in [2.05, 4.69) is 0 Å². The molecule has 1 aliphatic rings. The molecule has 0 aliphatic carbocycles. The smallest absolute Gasteiger partial charge is 0.314 e. The number of benzene rings is 2. The Kier molecular flexibility index (Phi) is 4.53. The van der Waals surface area contributed by atoms with Crippen molar-refractivity contribution in [1.82, 2.24) is 9.21 Å². The third-order valence-corrected chi connectivity index (χ3v) is 5.99. The third kappa shape index (κ3) is 3.12. The van der Waals surface area contributed by atoms with E-state index in [0.717, 1.165) is 10.5 Å². The van der Waals surface area contributed by atoms with Crippen LogP contribution in [-0.4, -0.2) is 42.7 Å². The Balaban J connectivity index is 1.93. The number of hydrogen-bond donors (Lipinski definition) is 0. The van der Waals surface area contributed by atoms with Crippen LogP contribution in [0.3, 0.4) is 0 Å². The minimum absolute atomic E-state index is 0.160. The summed E-state index contributed by atoms with van der Waals surface area (Å²) in [6.07, 6.45) is 0.245. The minimum Gasteiger partial charge on any atom is -0.314 e. The van der Waals surface area contributed by atoms with E-state index in [4.69, 9.17) is 11.6 Å². The molecule has 2 aromatic rings. The molecule has 2 aromatic carbocycles. The van der Waals surface area contributed by atoms with Crippen molar-refractivity contribution in [3.05, 3.63) is 65.2 Å². The van der Waals surface area contributed by atoms with Crippen LogP contribution < -0.4 is 0 Å². The van der Waals surface area contributed by atoms with Crippen LogP contribution >= 0.6 is 11.6 Å². The summed E-state index contributed by atoms with van der Waals surface area (Å²) in [5.41, 5.74) is 0.839. The average molecular weight is 379 g/mol. The molecule has 1 fully saturated rings. The van der Waals surface area contributed by atoms with Crippen LogP contribution in [0.4, 0.5) is 4.79 Å². The number of likely N-dealkylation sites (N-methyl/N-ethyl adjacent to an activating group) is 1. The van der Waals surface area contributed by atoms with Crippen molar-refractivity contribution in [2.24, 2.45) is 0 Å². The summed E-state index contributed by atoms with van der Waals surface area (Å²) < 4.78 is 25.8. The zero-order valence-electron chi connectivity index (χ0n) is 13.3. The van der Waals surface area contributed by atoms with Gasteiger partial charge in [0.25, 0.3) is 15.9 Å². The lowest BCUT2D eigenvalue weighted by molar-refractivity contribution is -0.125. The Bertz CT molecular complexity index is 913. The number of hydrogen-bond acceptors (Lipinski definition) is 4. The molecule has 1 saturated heterocycles. The molecule has 1 heterocycles. The normalized spacial score (nSPS) is 18.1. The van der Waals surface area contributed by atoms with Crippen molar-refractivity contribution >= 4 is 33.6 Å². The number of halogens is 1. The van der Waals surface area contributed by atoms with Crippen LogP contribution in [0, 0.1) is 0 Å². The third-order valence-electron chi connectivity index (χ3n) is 4.05. The molecule has 6 nitrogen and oxygen atoms in total. The largest absolute Gasteiger partial charge is 0.341 e. The summed E-state index contributed by atoms with van der Waals surface area (Å²) >= 11 is 5.76. The number of rotatable bonds is 4. The second kappa shape index (κ2) is 6.50. The highest BCUT2D eigenvalue weighted by atomic mass is 35.5. The molecule has 1 aliphatic heterocycles. The van der Waals surface area contributed by atoms with Crippen molar-refractivity contribution < 1.29 is 18.0 Å². The molecule has 3 rings (SSSR count). The second-order valence-corrected chi connectivity index (χ2v) is 7.88. The van der Waals surface area contributed by atoms with Gasteiger partial charge in [-0.3, -0.25) is 4.79 Å². The van der Waals surface area contributed by atoms with Crippen molar-refractivity contribution in [2.75, 3.05) is 7.05 Å². The van der Waals surface area contributed by atoms with E-state index >= 15 is 0 Å². The summed E-state index contributed by atoms with van der Waals surface area (Å²) in [5, 5.41) is 0.358. The summed E-state index contributed by atoms with van der Waals surface area (Å²) in [6, 6.07) is 12.7. The van der Waals surface area contributed by atoms with E-state index < -0.39 is 28.0 Å². The fraction of sp³-hybridized carbons (Fsp3) is 0.176. The van der Waals surface area contributed by atoms with Gasteiger partial charge in [0.2, 0.25) is 0 Å². The molecular weight excluding hydrogens is 364 g/mol. The summed E-state index contributed by atoms with van der Waals surface area (Å²) in [7, 11) is -2.86. The number of nitrogens with zero attached hydrogens (tertiary/aromatic N) is 2. The Morgan fingerprint density at radius 2 is 1.60 bits per heavy atom. The van der Waals surface area contributed by atoms with Crippen LogP contribution in [0.2, 0.25) is 5.02 Å². The van der Waals surface area contributed by atoms with Gasteiger partial charge in [0.15, 0.2) is 0 Å². The zero-order chi connectivity index (χ0) is 18.2. The molecule has 0 bridgehead atoms. The number of imide groups is 1. The van der Waals surface area contributed by atoms with Gasteiger partial charge in [-0.25, -0.2) is 13.2 Å². The minimum atomic E-state index is -4.28. The molecule has 0 saturated carbocycles. The second-order valence-electron chi connectivity index (χ2n) is 5.66. The lowest BCUT2D eigenvalue weighted by Crippen LogP contribution is -2.37. The Hall–Kier alpha value is -2.38. The number of carbonyl (C=O) groups excluding carboxylic acids is 2. The van der Waals surface area contributed by atoms with Crippen LogP contribution in [0.25, 0.3) is 0 Å². The van der Waals surface area contributed by atoms with Gasteiger partial charge < -0.3 is 4.90 Å². The molecule has 130 valence electrons. The van der Waals surface area contributed by atoms with Gasteiger partial charge in [-0.1, -0.05) is 41.9 Å². The maximum atomic E-state index is 12.7. The van der Waals surface area contributed by atoms with Crippen LogP contribution in [0.5, 0.6) is 0 Å². The number of urea groups is 1. The van der Waals surface area contributed by atoms with Gasteiger partial charge in [0.05, 0.1) is 4.90 Å². The highest BCUT2D eigenvalue weighted by Crippen LogP contribution is 2.27. The molecule has 3 amide bonds. The van der Waals surface area contributed by atoms with E-state index in [9.17, 15) is 18.0 Å². The Morgan fingerprint density at radius 3 is 2.20 bits per heavy atom. The quantitative estimate of drug-likeness (QED) is 0.766. The molecule has 0 radical (unpaired) electrons. The zero-order valence-corrected chi connectivity index (χ0v) is 14.9. The average Bonchev–Trinajstić information content (AvgIpc) is 2.80. The Morgan fingerprint density at radius 1 is 1.00 bits per heavy atom. The monoisotopic (exact) mass is 378 g/mol. The first-order valence-corrected chi connectivity index (χ1v) is 9.29. The SMILES string of the molecule is CN1C(=O)N(S(=O)(=O)c2ccc(Cl)cc2)C(=O)[C@@H]1Cc1ccccc1. The summed E-state index contributed by atoms with van der Waals surface area (Å²) in [4.78, 5) is 26.1. The first-order valence-electron chi connectivity index (χ1n) is 7.48. The highest BCUT2D eigenvalue weighted by Gasteiger charge is 2.49. The van der Waals surface area contributed by atoms with E-state index in [1.807, 2.05) is 30.3 Å². The fourth-order valence-electron chi connectivity index (χ4n) is 2.67. The molecule has 25 heavy (non-hydrogen) atoms. The number of sulfonamides is 1. The molecule has 8 heteroatoms. The van der Waals surface area contributed by atoms with E-state index in [0.29, 0.717) is 9.33 Å². The number of carbonyl (C=O) groups is 2. The molecular formula is C17H15ClN2O4S. The van der Waals surface area contributed by atoms with Gasteiger partial charge in [0.1, 0.15) is 6.04 Å². The van der Waals surface area contributed by atoms with Gasteiger partial charge in [-0.2, -0.15) is 0 Å². The lowest BCUT2D eigenvalue weighted by Gasteiger charge is -2.15. The molecule has 0 spiro atoms. The molecule has 0 aromatic heterocycles. The molecule has 0 unspecified atom stereocenters. The fourth-order valence-corrected chi connectivity index (χ4v) is 4.18. The van der Waals surface area contributed by atoms with Crippen molar-refractivity contribution in [3.8, 4) is 0 Å². The summed E-state index contributed by atoms with van der Waals surface area (Å²) in [6.45, 7) is 0. The van der Waals surface area contributed by atoms with Crippen LogP contribution in [-0.2, 0) is 21.2 Å². The topological polar surface area (TPSA) is 74.8 Å². The standard InChI is InChI=1S/C17H15ClN2O4S/c1-19-15(11-12-5-3-2-4-6-12)16(21)20(17(19)22)25(23,24)14-9-7-13(18)8-10-14/h2-10,15H,11H2,1H3/t15-/m0/s1. The van der Waals surface area contributed by atoms with Crippen LogP contribution in [0.1, 0.15) is 5.56 Å². The van der Waals surface area contributed by atoms with Gasteiger partial charge in [-0.05, 0) is 29.8 Å². The maximum absolute atomic E-state index is 12.7. The lowest BCUT2D eigenvalue weighted by atomic mass is 10.1. The van der Waals surface area contributed by atoms with E-state index in [-0.39, 0.29) is 11.3 Å². The van der Waals surface area contributed by atoms with Gasteiger partial charge in [-0.15, -0.1) is 4.31 Å². The van der Waals surface area contributed by atoms with Gasteiger partial charge in [0, 0.05) is 18.5 Å². The molecule has 0 N–H and O–H groups in total. The maximum Gasteiger partial charge on any atom is 0.341 e. The number of amides is 3. The highest BCUT2D eigenvalue weighted by molar-refractivity contribution is 7.90. The first kappa shape index (κ1) is 17.4. The van der Waals surface area contributed by atoms with Crippen LogP contribution in [0.15, 0.2) is 59.5 Å². The predicted molar refractivity (Wildman–Crippen MR) is 92.6 cm³/mol. The van der Waals surface area contributed by atoms with Crippen molar-refractivity contribution in [2.45, 2.75) is 17.4 Å². The van der Waals surface area contributed by atoms with E-state index in [1.54, 1.807) is 0 Å². The van der Waals surface area contributed by atoms with Crippen molar-refractivity contribution in [3.63, 3.8) is 0 Å². The summed E-state index contributed by atoms with van der Waals surface area (Å²) in [5.74, 6) is -0.758. The van der Waals surface area contributed by atoms with Crippen molar-refractivity contribution in [1.29, 1.82) is 0 Å². The van der Waals surface area contributed by atoms with E-state index in [1.165, 1.54) is 31.3 Å². The molecule has 1 atom stereocenters. The Labute approximate surface area is 150 Å². The first-order chi connectivity index (χ1) is 11.8. The predicted octanol–water partition coefficient (Wildman–Crippen LogP) is 2.53. The van der Waals surface area contributed by atoms with Gasteiger partial charge >= 0.3 is 6.03 Å².